The average molecular weight is 370 g/mol. The van der Waals surface area contributed by atoms with Crippen molar-refractivity contribution in [2.75, 3.05) is 38.2 Å². The van der Waals surface area contributed by atoms with Crippen molar-refractivity contribution in [3.05, 3.63) is 53.3 Å². The molecule has 3 aromatic rings. The fraction of sp³-hybridized carbons (Fsp3) is 0.316. The van der Waals surface area contributed by atoms with Crippen LogP contribution in [0.1, 0.15) is 5.69 Å². The summed E-state index contributed by atoms with van der Waals surface area (Å²) >= 11 is 6.01. The quantitative estimate of drug-likeness (QED) is 0.704. The van der Waals surface area contributed by atoms with E-state index in [4.69, 9.17) is 21.3 Å². The molecule has 26 heavy (non-hydrogen) atoms. The van der Waals surface area contributed by atoms with Crippen LogP contribution in [0.5, 0.6) is 5.88 Å². The Morgan fingerprint density at radius 3 is 2.69 bits per heavy atom. The van der Waals surface area contributed by atoms with Gasteiger partial charge in [-0.25, -0.2) is 9.97 Å². The molecule has 3 heterocycles. The first kappa shape index (κ1) is 17.0. The minimum atomic E-state index is 0.660. The standard InChI is InChI=1S/C19H20ClN5O/c1-26-19-4-2-3-15(22-19)13-24-7-9-25(10-8-24)18-12-21-17-11-14(20)5-6-16(17)23-18/h2-6,11-12H,7-10,13H2,1H3. The highest BCUT2D eigenvalue weighted by molar-refractivity contribution is 6.31. The maximum absolute atomic E-state index is 6.01. The summed E-state index contributed by atoms with van der Waals surface area (Å²) in [6.45, 7) is 4.57. The van der Waals surface area contributed by atoms with Gasteiger partial charge in [0.2, 0.25) is 5.88 Å². The molecule has 0 amide bonds. The lowest BCUT2D eigenvalue weighted by molar-refractivity contribution is 0.245. The van der Waals surface area contributed by atoms with Gasteiger partial charge in [0.15, 0.2) is 0 Å². The predicted octanol–water partition coefficient (Wildman–Crippen LogP) is 3.01. The third kappa shape index (κ3) is 3.71. The molecule has 6 nitrogen and oxygen atoms in total. The van der Waals surface area contributed by atoms with Crippen LogP contribution >= 0.6 is 11.6 Å². The fourth-order valence-corrected chi connectivity index (χ4v) is 3.32. The highest BCUT2D eigenvalue weighted by Crippen LogP contribution is 2.20. The molecule has 0 aliphatic carbocycles. The number of hydrogen-bond acceptors (Lipinski definition) is 6. The van der Waals surface area contributed by atoms with Crippen LogP contribution in [0.2, 0.25) is 5.02 Å². The third-order valence-corrected chi connectivity index (χ3v) is 4.80. The zero-order valence-corrected chi connectivity index (χ0v) is 15.4. The molecule has 4 rings (SSSR count). The van der Waals surface area contributed by atoms with Gasteiger partial charge >= 0.3 is 0 Å². The summed E-state index contributed by atoms with van der Waals surface area (Å²) in [5.41, 5.74) is 2.72. The number of nitrogens with zero attached hydrogens (tertiary/aromatic N) is 5. The molecule has 0 N–H and O–H groups in total. The summed E-state index contributed by atoms with van der Waals surface area (Å²) in [6.07, 6.45) is 1.83. The highest BCUT2D eigenvalue weighted by atomic mass is 35.5. The van der Waals surface area contributed by atoms with Crippen molar-refractivity contribution < 1.29 is 4.74 Å². The lowest BCUT2D eigenvalue weighted by Gasteiger charge is -2.35. The molecular weight excluding hydrogens is 350 g/mol. The van der Waals surface area contributed by atoms with Gasteiger partial charge in [0, 0.05) is 43.8 Å². The Hall–Kier alpha value is -2.44. The largest absolute Gasteiger partial charge is 0.481 e. The monoisotopic (exact) mass is 369 g/mol. The Labute approximate surface area is 157 Å². The van der Waals surface area contributed by atoms with Crippen LogP contribution in [0.25, 0.3) is 11.0 Å². The number of pyridine rings is 1. The SMILES string of the molecule is COc1cccc(CN2CCN(c3cnc4cc(Cl)ccc4n3)CC2)n1. The van der Waals surface area contributed by atoms with Crippen molar-refractivity contribution in [2.24, 2.45) is 0 Å². The van der Waals surface area contributed by atoms with E-state index in [-0.39, 0.29) is 0 Å². The van der Waals surface area contributed by atoms with E-state index in [9.17, 15) is 0 Å². The number of fused-ring (bicyclic) bond motifs is 1. The van der Waals surface area contributed by atoms with E-state index in [2.05, 4.69) is 19.8 Å². The molecule has 1 fully saturated rings. The number of benzene rings is 1. The van der Waals surface area contributed by atoms with Crippen molar-refractivity contribution in [3.8, 4) is 5.88 Å². The van der Waals surface area contributed by atoms with Gasteiger partial charge in [-0.3, -0.25) is 9.88 Å². The fourth-order valence-electron chi connectivity index (χ4n) is 3.15. The maximum atomic E-state index is 6.01. The van der Waals surface area contributed by atoms with E-state index in [1.807, 2.05) is 42.6 Å². The van der Waals surface area contributed by atoms with Gasteiger partial charge in [0.25, 0.3) is 0 Å². The highest BCUT2D eigenvalue weighted by Gasteiger charge is 2.19. The van der Waals surface area contributed by atoms with E-state index in [0.29, 0.717) is 10.9 Å². The number of methoxy groups -OCH3 is 1. The van der Waals surface area contributed by atoms with Crippen LogP contribution in [-0.4, -0.2) is 53.1 Å². The second-order valence-corrected chi connectivity index (χ2v) is 6.73. The summed E-state index contributed by atoms with van der Waals surface area (Å²) in [4.78, 5) is 18.4. The molecule has 1 aliphatic rings. The number of ether oxygens (including phenoxy) is 1. The Kier molecular flexibility index (Phi) is 4.86. The molecule has 0 atom stereocenters. The van der Waals surface area contributed by atoms with E-state index >= 15 is 0 Å². The van der Waals surface area contributed by atoms with Crippen LogP contribution in [0.3, 0.4) is 0 Å². The first-order chi connectivity index (χ1) is 12.7. The minimum Gasteiger partial charge on any atom is -0.481 e. The van der Waals surface area contributed by atoms with Gasteiger partial charge in [-0.2, -0.15) is 0 Å². The molecule has 1 saturated heterocycles. The number of aromatic nitrogens is 3. The molecule has 0 unspecified atom stereocenters. The first-order valence-corrected chi connectivity index (χ1v) is 8.98. The summed E-state index contributed by atoms with van der Waals surface area (Å²) < 4.78 is 5.20. The molecule has 0 saturated carbocycles. The lowest BCUT2D eigenvalue weighted by Crippen LogP contribution is -2.46. The van der Waals surface area contributed by atoms with Crippen molar-refractivity contribution in [2.45, 2.75) is 6.54 Å². The van der Waals surface area contributed by atoms with Gasteiger partial charge in [-0.05, 0) is 24.3 Å². The molecule has 1 aromatic carbocycles. The van der Waals surface area contributed by atoms with Crippen molar-refractivity contribution in [1.82, 2.24) is 19.9 Å². The van der Waals surface area contributed by atoms with Crippen LogP contribution in [0.4, 0.5) is 5.82 Å². The molecule has 0 bridgehead atoms. The lowest BCUT2D eigenvalue weighted by atomic mass is 10.2. The number of piperazine rings is 1. The van der Waals surface area contributed by atoms with Crippen LogP contribution in [-0.2, 0) is 6.54 Å². The Bertz CT molecular complexity index is 911. The van der Waals surface area contributed by atoms with Crippen LogP contribution in [0.15, 0.2) is 42.6 Å². The first-order valence-electron chi connectivity index (χ1n) is 8.61. The van der Waals surface area contributed by atoms with Gasteiger partial charge in [-0.15, -0.1) is 0 Å². The zero-order valence-electron chi connectivity index (χ0n) is 14.6. The van der Waals surface area contributed by atoms with E-state index in [1.165, 1.54) is 0 Å². The molecule has 1 aliphatic heterocycles. The molecule has 0 radical (unpaired) electrons. The molecule has 134 valence electrons. The molecule has 7 heteroatoms. The van der Waals surface area contributed by atoms with Crippen LogP contribution in [0, 0.1) is 0 Å². The topological polar surface area (TPSA) is 54.4 Å². The van der Waals surface area contributed by atoms with Gasteiger partial charge in [-0.1, -0.05) is 17.7 Å². The summed E-state index contributed by atoms with van der Waals surface area (Å²) in [5.74, 6) is 1.58. The van der Waals surface area contributed by atoms with Crippen molar-refractivity contribution in [3.63, 3.8) is 0 Å². The van der Waals surface area contributed by atoms with E-state index in [0.717, 1.165) is 55.3 Å². The van der Waals surface area contributed by atoms with Crippen molar-refractivity contribution >= 4 is 28.5 Å². The average Bonchev–Trinajstić information content (AvgIpc) is 2.68. The summed E-state index contributed by atoms with van der Waals surface area (Å²) in [6, 6.07) is 11.5. The second-order valence-electron chi connectivity index (χ2n) is 6.30. The number of rotatable bonds is 4. The number of hydrogen-bond donors (Lipinski definition) is 0. The third-order valence-electron chi connectivity index (χ3n) is 4.56. The summed E-state index contributed by atoms with van der Waals surface area (Å²) in [7, 11) is 1.64. The minimum absolute atomic E-state index is 0.660. The normalized spacial score (nSPS) is 15.4. The Morgan fingerprint density at radius 2 is 1.88 bits per heavy atom. The summed E-state index contributed by atoms with van der Waals surface area (Å²) in [5, 5.41) is 0.680. The van der Waals surface area contributed by atoms with Gasteiger partial charge in [0.1, 0.15) is 5.82 Å². The predicted molar refractivity (Wildman–Crippen MR) is 103 cm³/mol. The van der Waals surface area contributed by atoms with E-state index in [1.54, 1.807) is 7.11 Å². The van der Waals surface area contributed by atoms with Crippen molar-refractivity contribution in [1.29, 1.82) is 0 Å². The smallest absolute Gasteiger partial charge is 0.213 e. The molecule has 0 spiro atoms. The Balaban J connectivity index is 1.40. The molecular formula is C19H20ClN5O. The number of anilines is 1. The Morgan fingerprint density at radius 1 is 1.04 bits per heavy atom. The van der Waals surface area contributed by atoms with Crippen LogP contribution < -0.4 is 9.64 Å². The number of halogens is 1. The maximum Gasteiger partial charge on any atom is 0.213 e. The second kappa shape index (κ2) is 7.43. The van der Waals surface area contributed by atoms with Gasteiger partial charge in [0.05, 0.1) is 30.0 Å². The molecule has 2 aromatic heterocycles. The van der Waals surface area contributed by atoms with E-state index < -0.39 is 0 Å². The zero-order chi connectivity index (χ0) is 17.9. The van der Waals surface area contributed by atoms with Gasteiger partial charge < -0.3 is 9.64 Å².